The summed E-state index contributed by atoms with van der Waals surface area (Å²) < 4.78 is 46.4. The normalized spacial score (nSPS) is 16.0. The molecule has 10 heteroatoms. The van der Waals surface area contributed by atoms with Gasteiger partial charge in [0.25, 0.3) is 5.89 Å². The highest BCUT2D eigenvalue weighted by molar-refractivity contribution is 5.49. The van der Waals surface area contributed by atoms with E-state index in [0.29, 0.717) is 12.8 Å². The zero-order valence-corrected chi connectivity index (χ0v) is 14.8. The Morgan fingerprint density at radius 2 is 1.96 bits per heavy atom. The van der Waals surface area contributed by atoms with Crippen molar-refractivity contribution in [1.29, 1.82) is 0 Å². The first kappa shape index (κ1) is 18.4. The van der Waals surface area contributed by atoms with Crippen molar-refractivity contribution >= 4 is 0 Å². The lowest BCUT2D eigenvalue weighted by atomic mass is 9.77. The van der Waals surface area contributed by atoms with Crippen molar-refractivity contribution < 1.29 is 17.7 Å². The highest BCUT2D eigenvalue weighted by Crippen LogP contribution is 2.37. The quantitative estimate of drug-likeness (QED) is 0.737. The average molecular weight is 391 g/mol. The summed E-state index contributed by atoms with van der Waals surface area (Å²) in [6.07, 6.45) is -2.26. The number of halogens is 3. The molecular formula is C18H16F3N5O2. The molecule has 2 aromatic heterocycles. The van der Waals surface area contributed by atoms with Gasteiger partial charge >= 0.3 is 6.18 Å². The van der Waals surface area contributed by atoms with E-state index in [2.05, 4.69) is 15.2 Å². The summed E-state index contributed by atoms with van der Waals surface area (Å²) in [5, 5.41) is 7.92. The van der Waals surface area contributed by atoms with Gasteiger partial charge in [0.1, 0.15) is 0 Å². The molecule has 1 aliphatic carbocycles. The largest absolute Gasteiger partial charge is 0.418 e. The predicted molar refractivity (Wildman–Crippen MR) is 92.6 cm³/mol. The molecule has 0 bridgehead atoms. The third kappa shape index (κ3) is 2.99. The molecule has 0 radical (unpaired) electrons. The van der Waals surface area contributed by atoms with Gasteiger partial charge in [-0.25, -0.2) is 4.68 Å². The van der Waals surface area contributed by atoms with Crippen LogP contribution < -0.4 is 11.2 Å². The lowest BCUT2D eigenvalue weighted by Crippen LogP contribution is -2.44. The molecule has 0 unspecified atom stereocenters. The van der Waals surface area contributed by atoms with E-state index in [9.17, 15) is 18.0 Å². The predicted octanol–water partition coefficient (Wildman–Crippen LogP) is 2.95. The number of aryl methyl sites for hydroxylation is 1. The van der Waals surface area contributed by atoms with E-state index in [-0.39, 0.29) is 28.8 Å². The van der Waals surface area contributed by atoms with Crippen LogP contribution in [0.2, 0.25) is 0 Å². The molecule has 0 spiro atoms. The van der Waals surface area contributed by atoms with E-state index < -0.39 is 22.7 Å². The summed E-state index contributed by atoms with van der Waals surface area (Å²) in [7, 11) is 0. The zero-order valence-electron chi connectivity index (χ0n) is 14.8. The topological polar surface area (TPSA) is 99.8 Å². The molecule has 1 fully saturated rings. The van der Waals surface area contributed by atoms with Crippen molar-refractivity contribution in [1.82, 2.24) is 19.9 Å². The molecule has 7 nitrogen and oxygen atoms in total. The Hall–Kier alpha value is -3.01. The van der Waals surface area contributed by atoms with E-state index in [4.69, 9.17) is 10.3 Å². The highest BCUT2D eigenvalue weighted by Gasteiger charge is 2.39. The summed E-state index contributed by atoms with van der Waals surface area (Å²) >= 11 is 0. The third-order valence-corrected chi connectivity index (χ3v) is 4.86. The van der Waals surface area contributed by atoms with Crippen molar-refractivity contribution in [2.45, 2.75) is 37.9 Å². The van der Waals surface area contributed by atoms with Crippen molar-refractivity contribution in [3.8, 4) is 17.3 Å². The molecule has 2 heterocycles. The molecule has 146 valence electrons. The van der Waals surface area contributed by atoms with Crippen LogP contribution in [0.1, 0.15) is 36.3 Å². The van der Waals surface area contributed by atoms with E-state index in [1.807, 2.05) is 0 Å². The fourth-order valence-corrected chi connectivity index (χ4v) is 3.14. The van der Waals surface area contributed by atoms with Crippen LogP contribution >= 0.6 is 0 Å². The maximum atomic E-state index is 13.4. The van der Waals surface area contributed by atoms with Gasteiger partial charge in [0.05, 0.1) is 16.8 Å². The second kappa shape index (κ2) is 6.26. The first-order valence-electron chi connectivity index (χ1n) is 8.60. The third-order valence-electron chi connectivity index (χ3n) is 4.86. The van der Waals surface area contributed by atoms with Gasteiger partial charge in [-0.15, -0.1) is 0 Å². The fraction of sp³-hybridized carbons (Fsp3) is 0.333. The lowest BCUT2D eigenvalue weighted by Gasteiger charge is -2.34. The number of rotatable bonds is 3. The SMILES string of the molecule is Cc1cc(=O)c(-c2nc(C3(N)CCC3)no2)nn1-c1ccccc1C(F)(F)F. The Kier molecular flexibility index (Phi) is 4.11. The molecule has 1 aromatic carbocycles. The van der Waals surface area contributed by atoms with Crippen LogP contribution in [0.4, 0.5) is 13.2 Å². The van der Waals surface area contributed by atoms with E-state index in [1.165, 1.54) is 31.2 Å². The number of alkyl halides is 3. The maximum absolute atomic E-state index is 13.4. The summed E-state index contributed by atoms with van der Waals surface area (Å²) in [4.78, 5) is 16.6. The van der Waals surface area contributed by atoms with Crippen LogP contribution in [0.3, 0.4) is 0 Å². The standard InChI is InChI=1S/C18H16F3N5O2/c1-10-9-13(27)14(15-23-16(25-28-15)17(22)7-4-8-17)24-26(10)12-6-3-2-5-11(12)18(19,20)21/h2-3,5-6,9H,4,7-8,22H2,1H3. The van der Waals surface area contributed by atoms with Gasteiger partial charge in [0, 0.05) is 11.8 Å². The van der Waals surface area contributed by atoms with Gasteiger partial charge < -0.3 is 10.3 Å². The summed E-state index contributed by atoms with van der Waals surface area (Å²) in [5.74, 6) is 0.0905. The van der Waals surface area contributed by atoms with Crippen molar-refractivity contribution in [2.75, 3.05) is 0 Å². The van der Waals surface area contributed by atoms with Crippen LogP contribution in [-0.2, 0) is 11.7 Å². The molecule has 0 atom stereocenters. The number of nitrogens with zero attached hydrogens (tertiary/aromatic N) is 4. The minimum absolute atomic E-state index is 0.171. The maximum Gasteiger partial charge on any atom is 0.418 e. The first-order valence-corrected chi connectivity index (χ1v) is 8.60. The number of hydrogen-bond donors (Lipinski definition) is 1. The summed E-state index contributed by atoms with van der Waals surface area (Å²) in [6, 6.07) is 6.16. The Bertz CT molecular complexity index is 1100. The van der Waals surface area contributed by atoms with Gasteiger partial charge in [0.15, 0.2) is 11.5 Å². The van der Waals surface area contributed by atoms with Gasteiger partial charge in [-0.05, 0) is 38.3 Å². The number of hydrogen-bond acceptors (Lipinski definition) is 6. The van der Waals surface area contributed by atoms with Crippen LogP contribution in [0.5, 0.6) is 0 Å². The minimum atomic E-state index is -4.58. The molecule has 1 aliphatic rings. The first-order chi connectivity index (χ1) is 13.2. The van der Waals surface area contributed by atoms with Crippen molar-refractivity contribution in [2.24, 2.45) is 5.73 Å². The van der Waals surface area contributed by atoms with Gasteiger partial charge in [-0.1, -0.05) is 17.3 Å². The second-order valence-corrected chi connectivity index (χ2v) is 6.86. The molecule has 0 aliphatic heterocycles. The Morgan fingerprint density at radius 3 is 2.61 bits per heavy atom. The molecule has 4 rings (SSSR count). The fourth-order valence-electron chi connectivity index (χ4n) is 3.14. The molecule has 3 aromatic rings. The molecule has 1 saturated carbocycles. The molecule has 28 heavy (non-hydrogen) atoms. The molecule has 0 saturated heterocycles. The van der Waals surface area contributed by atoms with Gasteiger partial charge in [-0.2, -0.15) is 23.3 Å². The Balaban J connectivity index is 1.84. The number of aromatic nitrogens is 4. The van der Waals surface area contributed by atoms with Crippen molar-refractivity contribution in [3.05, 3.63) is 57.6 Å². The van der Waals surface area contributed by atoms with Crippen LogP contribution in [-0.4, -0.2) is 19.9 Å². The number of nitrogens with two attached hydrogens (primary N) is 1. The van der Waals surface area contributed by atoms with E-state index in [1.54, 1.807) is 0 Å². The molecule has 2 N–H and O–H groups in total. The smallest absolute Gasteiger partial charge is 0.332 e. The minimum Gasteiger partial charge on any atom is -0.332 e. The molecular weight excluding hydrogens is 375 g/mol. The number of para-hydroxylation sites is 1. The Morgan fingerprint density at radius 1 is 1.25 bits per heavy atom. The van der Waals surface area contributed by atoms with Crippen LogP contribution in [0, 0.1) is 6.92 Å². The molecule has 0 amide bonds. The summed E-state index contributed by atoms with van der Waals surface area (Å²) in [6.45, 7) is 1.49. The second-order valence-electron chi connectivity index (χ2n) is 6.86. The lowest BCUT2D eigenvalue weighted by molar-refractivity contribution is -0.137. The average Bonchev–Trinajstić information content (AvgIpc) is 3.09. The van der Waals surface area contributed by atoms with Crippen LogP contribution in [0.25, 0.3) is 17.3 Å². The zero-order chi connectivity index (χ0) is 20.1. The van der Waals surface area contributed by atoms with Gasteiger partial charge in [0.2, 0.25) is 5.43 Å². The highest BCUT2D eigenvalue weighted by atomic mass is 19.4. The Labute approximate surface area is 157 Å². The van der Waals surface area contributed by atoms with Crippen molar-refractivity contribution in [3.63, 3.8) is 0 Å². The number of benzene rings is 1. The van der Waals surface area contributed by atoms with E-state index in [0.717, 1.165) is 17.2 Å². The van der Waals surface area contributed by atoms with Crippen LogP contribution in [0.15, 0.2) is 39.6 Å². The monoisotopic (exact) mass is 391 g/mol. The van der Waals surface area contributed by atoms with Gasteiger partial charge in [-0.3, -0.25) is 4.79 Å². The summed E-state index contributed by atoms with van der Waals surface area (Å²) in [5.41, 5.74) is 3.84. The van der Waals surface area contributed by atoms with E-state index >= 15 is 0 Å².